The highest BCUT2D eigenvalue weighted by atomic mass is 16.5. The topological polar surface area (TPSA) is 91.4 Å². The van der Waals surface area contributed by atoms with E-state index in [0.717, 1.165) is 4.57 Å². The number of morpholine rings is 1. The SMILES string of the molecule is C[C@H]1CN(C(=O)Cn2cnc3c2c(=O)n(C)c(=O)n3C)C[C@H](C)O1. The van der Waals surface area contributed by atoms with Crippen LogP contribution in [-0.2, 0) is 30.2 Å². The fourth-order valence-electron chi connectivity index (χ4n) is 3.14. The fourth-order valence-corrected chi connectivity index (χ4v) is 3.14. The minimum Gasteiger partial charge on any atom is -0.372 e. The number of hydrogen-bond donors (Lipinski definition) is 0. The summed E-state index contributed by atoms with van der Waals surface area (Å²) in [4.78, 5) is 42.8. The first kappa shape index (κ1) is 16.4. The van der Waals surface area contributed by atoms with Crippen molar-refractivity contribution < 1.29 is 9.53 Å². The summed E-state index contributed by atoms with van der Waals surface area (Å²) in [6, 6.07) is 0. The van der Waals surface area contributed by atoms with Crippen molar-refractivity contribution in [1.29, 1.82) is 0 Å². The van der Waals surface area contributed by atoms with E-state index in [1.54, 1.807) is 11.9 Å². The van der Waals surface area contributed by atoms with E-state index in [-0.39, 0.29) is 35.8 Å². The lowest BCUT2D eigenvalue weighted by molar-refractivity contribution is -0.143. The van der Waals surface area contributed by atoms with Crippen molar-refractivity contribution >= 4 is 17.1 Å². The van der Waals surface area contributed by atoms with Crippen LogP contribution in [0.4, 0.5) is 0 Å². The second-order valence-corrected chi connectivity index (χ2v) is 6.31. The largest absolute Gasteiger partial charge is 0.372 e. The van der Waals surface area contributed by atoms with Gasteiger partial charge >= 0.3 is 5.69 Å². The van der Waals surface area contributed by atoms with Crippen LogP contribution in [0.25, 0.3) is 11.2 Å². The van der Waals surface area contributed by atoms with Gasteiger partial charge in [0.15, 0.2) is 11.2 Å². The van der Waals surface area contributed by atoms with Gasteiger partial charge in [-0.15, -0.1) is 0 Å². The molecule has 1 aliphatic heterocycles. The molecule has 1 saturated heterocycles. The van der Waals surface area contributed by atoms with E-state index in [4.69, 9.17) is 4.74 Å². The molecule has 0 N–H and O–H groups in total. The number of amides is 1. The van der Waals surface area contributed by atoms with Crippen LogP contribution in [0.2, 0.25) is 0 Å². The number of carbonyl (C=O) groups is 1. The van der Waals surface area contributed by atoms with E-state index in [9.17, 15) is 14.4 Å². The van der Waals surface area contributed by atoms with Crippen molar-refractivity contribution in [1.82, 2.24) is 23.6 Å². The number of aromatic nitrogens is 4. The number of ether oxygens (including phenoxy) is 1. The molecule has 130 valence electrons. The molecule has 0 bridgehead atoms. The van der Waals surface area contributed by atoms with Crippen LogP contribution in [0.5, 0.6) is 0 Å². The third-order valence-electron chi connectivity index (χ3n) is 4.30. The van der Waals surface area contributed by atoms with Crippen LogP contribution in [0.15, 0.2) is 15.9 Å². The molecule has 2 atom stereocenters. The van der Waals surface area contributed by atoms with Crippen LogP contribution < -0.4 is 11.2 Å². The zero-order chi connectivity index (χ0) is 17.6. The maximum atomic E-state index is 12.6. The Labute approximate surface area is 138 Å². The Bertz CT molecular complexity index is 899. The summed E-state index contributed by atoms with van der Waals surface area (Å²) in [7, 11) is 2.96. The molecule has 24 heavy (non-hydrogen) atoms. The van der Waals surface area contributed by atoms with Gasteiger partial charge in [0, 0.05) is 27.2 Å². The van der Waals surface area contributed by atoms with Crippen molar-refractivity contribution in [3.05, 3.63) is 27.2 Å². The Morgan fingerprint density at radius 1 is 1.21 bits per heavy atom. The molecule has 0 spiro atoms. The summed E-state index contributed by atoms with van der Waals surface area (Å²) in [5.74, 6) is -0.104. The Balaban J connectivity index is 1.95. The zero-order valence-electron chi connectivity index (χ0n) is 14.2. The first-order chi connectivity index (χ1) is 11.3. The maximum absolute atomic E-state index is 12.6. The fraction of sp³-hybridized carbons (Fsp3) is 0.600. The molecular formula is C15H21N5O4. The molecule has 0 unspecified atom stereocenters. The summed E-state index contributed by atoms with van der Waals surface area (Å²) in [6.07, 6.45) is 1.38. The van der Waals surface area contributed by atoms with Gasteiger partial charge in [-0.05, 0) is 13.8 Å². The third-order valence-corrected chi connectivity index (χ3v) is 4.30. The van der Waals surface area contributed by atoms with Crippen LogP contribution in [-0.4, -0.2) is 54.8 Å². The lowest BCUT2D eigenvalue weighted by atomic mass is 10.2. The first-order valence-corrected chi connectivity index (χ1v) is 7.83. The highest BCUT2D eigenvalue weighted by Gasteiger charge is 2.26. The predicted molar refractivity (Wildman–Crippen MR) is 86.8 cm³/mol. The zero-order valence-corrected chi connectivity index (χ0v) is 14.2. The van der Waals surface area contributed by atoms with Gasteiger partial charge in [-0.25, -0.2) is 9.78 Å². The quantitative estimate of drug-likeness (QED) is 0.707. The monoisotopic (exact) mass is 335 g/mol. The van der Waals surface area contributed by atoms with Gasteiger partial charge in [0.05, 0.1) is 18.5 Å². The Morgan fingerprint density at radius 3 is 2.46 bits per heavy atom. The Hall–Kier alpha value is -2.42. The number of hydrogen-bond acceptors (Lipinski definition) is 5. The number of nitrogens with zero attached hydrogens (tertiary/aromatic N) is 5. The summed E-state index contributed by atoms with van der Waals surface area (Å²) in [5.41, 5.74) is -0.371. The van der Waals surface area contributed by atoms with Gasteiger partial charge in [0.2, 0.25) is 5.91 Å². The Morgan fingerprint density at radius 2 is 1.83 bits per heavy atom. The van der Waals surface area contributed by atoms with Gasteiger partial charge in [-0.3, -0.25) is 18.7 Å². The van der Waals surface area contributed by atoms with Crippen molar-refractivity contribution in [2.45, 2.75) is 32.6 Å². The molecule has 3 heterocycles. The molecule has 9 heteroatoms. The number of aryl methyl sites for hydroxylation is 1. The minimum atomic E-state index is -0.456. The average molecular weight is 335 g/mol. The van der Waals surface area contributed by atoms with Gasteiger partial charge in [-0.2, -0.15) is 0 Å². The van der Waals surface area contributed by atoms with Gasteiger partial charge in [0.1, 0.15) is 6.54 Å². The van der Waals surface area contributed by atoms with E-state index in [2.05, 4.69) is 4.98 Å². The smallest absolute Gasteiger partial charge is 0.332 e. The van der Waals surface area contributed by atoms with Crippen LogP contribution in [0, 0.1) is 0 Å². The molecule has 0 aromatic carbocycles. The molecule has 0 radical (unpaired) electrons. The summed E-state index contributed by atoms with van der Waals surface area (Å²) >= 11 is 0. The summed E-state index contributed by atoms with van der Waals surface area (Å²) < 4.78 is 9.46. The molecule has 2 aromatic rings. The highest BCUT2D eigenvalue weighted by Crippen LogP contribution is 2.12. The van der Waals surface area contributed by atoms with Crippen LogP contribution >= 0.6 is 0 Å². The van der Waals surface area contributed by atoms with Crippen molar-refractivity contribution in [3.8, 4) is 0 Å². The maximum Gasteiger partial charge on any atom is 0.332 e. The van der Waals surface area contributed by atoms with E-state index < -0.39 is 11.2 Å². The third kappa shape index (κ3) is 2.64. The number of rotatable bonds is 2. The van der Waals surface area contributed by atoms with E-state index in [1.165, 1.54) is 22.5 Å². The standard InChI is InChI=1S/C15H21N5O4/c1-9-5-19(6-10(2)24-9)11(21)7-20-8-16-13-12(20)14(22)18(4)15(23)17(13)3/h8-10H,5-7H2,1-4H3/t9-,10-/m0/s1. The van der Waals surface area contributed by atoms with Crippen LogP contribution in [0.3, 0.4) is 0 Å². The van der Waals surface area contributed by atoms with Crippen LogP contribution in [0.1, 0.15) is 13.8 Å². The molecule has 2 aromatic heterocycles. The van der Waals surface area contributed by atoms with Gasteiger partial charge in [0.25, 0.3) is 5.56 Å². The Kier molecular flexibility index (Phi) is 4.04. The molecule has 1 fully saturated rings. The summed E-state index contributed by atoms with van der Waals surface area (Å²) in [5, 5.41) is 0. The van der Waals surface area contributed by atoms with Crippen molar-refractivity contribution in [3.63, 3.8) is 0 Å². The molecule has 9 nitrogen and oxygen atoms in total. The van der Waals surface area contributed by atoms with Gasteiger partial charge < -0.3 is 14.2 Å². The van der Waals surface area contributed by atoms with E-state index >= 15 is 0 Å². The summed E-state index contributed by atoms with van der Waals surface area (Å²) in [6.45, 7) is 4.89. The van der Waals surface area contributed by atoms with Crippen molar-refractivity contribution in [2.24, 2.45) is 14.1 Å². The second kappa shape index (κ2) is 5.90. The van der Waals surface area contributed by atoms with Crippen molar-refractivity contribution in [2.75, 3.05) is 13.1 Å². The van der Waals surface area contributed by atoms with E-state index in [0.29, 0.717) is 13.1 Å². The number of imidazole rings is 1. The second-order valence-electron chi connectivity index (χ2n) is 6.31. The average Bonchev–Trinajstić information content (AvgIpc) is 2.93. The molecule has 0 aliphatic carbocycles. The molecule has 1 aliphatic rings. The number of carbonyl (C=O) groups excluding carboxylic acids is 1. The molecule has 1 amide bonds. The normalized spacial score (nSPS) is 21.4. The number of fused-ring (bicyclic) bond motifs is 1. The first-order valence-electron chi connectivity index (χ1n) is 7.83. The predicted octanol–water partition coefficient (Wildman–Crippen LogP) is -0.930. The minimum absolute atomic E-state index is 0.00336. The molecular weight excluding hydrogens is 314 g/mol. The van der Waals surface area contributed by atoms with E-state index in [1.807, 2.05) is 13.8 Å². The molecule has 3 rings (SSSR count). The molecule has 0 saturated carbocycles. The lowest BCUT2D eigenvalue weighted by Crippen LogP contribution is -2.49. The highest BCUT2D eigenvalue weighted by molar-refractivity contribution is 5.79. The lowest BCUT2D eigenvalue weighted by Gasteiger charge is -2.35. The van der Waals surface area contributed by atoms with Gasteiger partial charge in [-0.1, -0.05) is 0 Å².